The molecule has 1 aromatic carbocycles. The van der Waals surface area contributed by atoms with Gasteiger partial charge in [-0.2, -0.15) is 10.1 Å². The van der Waals surface area contributed by atoms with Crippen LogP contribution in [0.25, 0.3) is 21.1 Å². The van der Waals surface area contributed by atoms with Gasteiger partial charge in [-0.3, -0.25) is 0 Å². The van der Waals surface area contributed by atoms with E-state index in [2.05, 4.69) is 64.2 Å². The van der Waals surface area contributed by atoms with E-state index in [1.54, 1.807) is 11.3 Å². The summed E-state index contributed by atoms with van der Waals surface area (Å²) in [6.07, 6.45) is 1.83. The number of aromatic nitrogens is 3. The Morgan fingerprint density at radius 1 is 1.24 bits per heavy atom. The number of aromatic amines is 1. The minimum absolute atomic E-state index is 0.419. The molecule has 0 radical (unpaired) electrons. The second-order valence-electron chi connectivity index (χ2n) is 6.41. The number of benzene rings is 1. The predicted molar refractivity (Wildman–Crippen MR) is 103 cm³/mol. The van der Waals surface area contributed by atoms with Crippen LogP contribution in [0.5, 0.6) is 0 Å². The summed E-state index contributed by atoms with van der Waals surface area (Å²) >= 11 is 1.70. The molecule has 0 amide bonds. The lowest BCUT2D eigenvalue weighted by atomic mass is 10.1. The zero-order valence-corrected chi connectivity index (χ0v) is 15.3. The Morgan fingerprint density at radius 2 is 2.08 bits per heavy atom. The van der Waals surface area contributed by atoms with E-state index in [4.69, 9.17) is 0 Å². The van der Waals surface area contributed by atoms with Gasteiger partial charge in [0.15, 0.2) is 0 Å². The van der Waals surface area contributed by atoms with E-state index in [-0.39, 0.29) is 0 Å². The van der Waals surface area contributed by atoms with E-state index in [1.807, 2.05) is 18.3 Å². The Balaban J connectivity index is 1.59. The lowest BCUT2D eigenvalue weighted by Crippen LogP contribution is -1.83. The van der Waals surface area contributed by atoms with Crippen LogP contribution in [-0.2, 0) is 6.54 Å². The van der Waals surface area contributed by atoms with E-state index in [0.29, 0.717) is 18.4 Å². The monoisotopic (exact) mass is 349 g/mol. The molecule has 0 atom stereocenters. The number of azo groups is 1. The van der Waals surface area contributed by atoms with Crippen LogP contribution in [0, 0.1) is 6.92 Å². The van der Waals surface area contributed by atoms with Gasteiger partial charge in [-0.15, -0.1) is 16.5 Å². The summed E-state index contributed by atoms with van der Waals surface area (Å²) in [5.74, 6) is 0.913. The number of hydrogen-bond acceptors (Lipinski definition) is 5. The summed E-state index contributed by atoms with van der Waals surface area (Å²) in [6.45, 7) is 6.94. The highest BCUT2D eigenvalue weighted by molar-refractivity contribution is 7.18. The molecule has 0 aliphatic heterocycles. The lowest BCUT2D eigenvalue weighted by molar-refractivity contribution is 0.890. The van der Waals surface area contributed by atoms with Crippen molar-refractivity contribution in [1.82, 2.24) is 15.0 Å². The largest absolute Gasteiger partial charge is 0.358 e. The third-order valence-electron chi connectivity index (χ3n) is 4.26. The van der Waals surface area contributed by atoms with Crippen LogP contribution in [0.1, 0.15) is 35.9 Å². The summed E-state index contributed by atoms with van der Waals surface area (Å²) in [5.41, 5.74) is 3.41. The molecule has 126 valence electrons. The fourth-order valence-electron chi connectivity index (χ4n) is 2.88. The van der Waals surface area contributed by atoms with E-state index in [9.17, 15) is 0 Å². The maximum atomic E-state index is 4.52. The third-order valence-corrected chi connectivity index (χ3v) is 5.61. The van der Waals surface area contributed by atoms with Crippen molar-refractivity contribution in [2.45, 2.75) is 33.2 Å². The number of nitrogens with one attached hydrogen (secondary N) is 1. The molecule has 4 aromatic rings. The molecule has 6 heteroatoms. The SMILES string of the molecule is Cc1[nH]c2ccccc2c1CN=Nc1ncc2cc(C(C)C)sc2n1. The molecule has 1 N–H and O–H groups in total. The molecule has 25 heavy (non-hydrogen) atoms. The summed E-state index contributed by atoms with van der Waals surface area (Å²) in [7, 11) is 0. The van der Waals surface area contributed by atoms with Crippen molar-refractivity contribution in [3.05, 3.63) is 52.7 Å². The second-order valence-corrected chi connectivity index (χ2v) is 7.47. The fourth-order valence-corrected chi connectivity index (χ4v) is 3.88. The number of fused-ring (bicyclic) bond motifs is 2. The van der Waals surface area contributed by atoms with Gasteiger partial charge in [0.1, 0.15) is 4.83 Å². The number of nitrogens with zero attached hydrogens (tertiary/aromatic N) is 4. The molecule has 4 rings (SSSR count). The number of thiophene rings is 1. The quantitative estimate of drug-likeness (QED) is 0.467. The van der Waals surface area contributed by atoms with E-state index < -0.39 is 0 Å². The molecule has 0 aliphatic carbocycles. The zero-order valence-electron chi connectivity index (χ0n) is 14.4. The predicted octanol–water partition coefficient (Wildman–Crippen LogP) is 5.89. The Hall–Kier alpha value is -2.60. The average molecular weight is 349 g/mol. The van der Waals surface area contributed by atoms with E-state index in [0.717, 1.165) is 21.4 Å². The highest BCUT2D eigenvalue weighted by atomic mass is 32.1. The lowest BCUT2D eigenvalue weighted by Gasteiger charge is -1.96. The first kappa shape index (κ1) is 15.9. The Morgan fingerprint density at radius 3 is 2.92 bits per heavy atom. The van der Waals surface area contributed by atoms with Crippen LogP contribution in [-0.4, -0.2) is 15.0 Å². The summed E-state index contributed by atoms with van der Waals surface area (Å²) < 4.78 is 0. The Kier molecular flexibility index (Phi) is 4.05. The highest BCUT2D eigenvalue weighted by Crippen LogP contribution is 2.30. The second kappa shape index (κ2) is 6.37. The molecule has 5 nitrogen and oxygen atoms in total. The van der Waals surface area contributed by atoms with E-state index in [1.165, 1.54) is 15.8 Å². The number of H-pyrrole nitrogens is 1. The maximum Gasteiger partial charge on any atom is 0.269 e. The van der Waals surface area contributed by atoms with Crippen molar-refractivity contribution in [1.29, 1.82) is 0 Å². The summed E-state index contributed by atoms with van der Waals surface area (Å²) in [6, 6.07) is 10.4. The fraction of sp³-hybridized carbons (Fsp3) is 0.263. The van der Waals surface area contributed by atoms with Crippen molar-refractivity contribution in [3.8, 4) is 0 Å². The molecular formula is C19H19N5S. The van der Waals surface area contributed by atoms with Crippen molar-refractivity contribution in [2.24, 2.45) is 10.2 Å². The van der Waals surface area contributed by atoms with Crippen LogP contribution >= 0.6 is 11.3 Å². The number of hydrogen-bond donors (Lipinski definition) is 1. The molecule has 0 saturated carbocycles. The van der Waals surface area contributed by atoms with E-state index >= 15 is 0 Å². The normalized spacial score (nSPS) is 12.2. The summed E-state index contributed by atoms with van der Waals surface area (Å²) in [4.78, 5) is 14.5. The summed E-state index contributed by atoms with van der Waals surface area (Å²) in [5, 5.41) is 10.8. The highest BCUT2D eigenvalue weighted by Gasteiger charge is 2.09. The zero-order chi connectivity index (χ0) is 17.4. The Bertz CT molecular complexity index is 1070. The topological polar surface area (TPSA) is 66.3 Å². The maximum absolute atomic E-state index is 4.52. The smallest absolute Gasteiger partial charge is 0.269 e. The molecule has 0 bridgehead atoms. The average Bonchev–Trinajstić information content (AvgIpc) is 3.16. The van der Waals surface area contributed by atoms with Gasteiger partial charge in [0, 0.05) is 38.6 Å². The minimum Gasteiger partial charge on any atom is -0.358 e. The van der Waals surface area contributed by atoms with Crippen molar-refractivity contribution in [3.63, 3.8) is 0 Å². The molecule has 0 aliphatic rings. The van der Waals surface area contributed by atoms with Crippen molar-refractivity contribution in [2.75, 3.05) is 0 Å². The van der Waals surface area contributed by atoms with Crippen LogP contribution < -0.4 is 0 Å². The van der Waals surface area contributed by atoms with Gasteiger partial charge in [-0.1, -0.05) is 32.0 Å². The van der Waals surface area contributed by atoms with Crippen molar-refractivity contribution < 1.29 is 0 Å². The number of rotatable bonds is 4. The molecule has 3 heterocycles. The van der Waals surface area contributed by atoms with Gasteiger partial charge < -0.3 is 4.98 Å². The van der Waals surface area contributed by atoms with Crippen molar-refractivity contribution >= 4 is 38.4 Å². The molecular weight excluding hydrogens is 330 g/mol. The standard InChI is InChI=1S/C19H19N5S/c1-11(2)17-8-13-9-20-19(23-18(13)25-17)24-21-10-15-12(3)22-16-7-5-4-6-14(15)16/h4-9,11,22H,10H2,1-3H3. The van der Waals surface area contributed by atoms with Crippen LogP contribution in [0.2, 0.25) is 0 Å². The molecule has 0 spiro atoms. The number of para-hydroxylation sites is 1. The van der Waals surface area contributed by atoms with Gasteiger partial charge in [-0.25, -0.2) is 4.98 Å². The molecule has 3 aromatic heterocycles. The van der Waals surface area contributed by atoms with Crippen LogP contribution in [0.15, 0.2) is 46.8 Å². The van der Waals surface area contributed by atoms with Crippen LogP contribution in [0.3, 0.4) is 0 Å². The molecule has 0 unspecified atom stereocenters. The van der Waals surface area contributed by atoms with Gasteiger partial charge >= 0.3 is 0 Å². The van der Waals surface area contributed by atoms with Gasteiger partial charge in [0.2, 0.25) is 0 Å². The first-order valence-corrected chi connectivity index (χ1v) is 9.13. The Labute approximate surface area is 149 Å². The third kappa shape index (κ3) is 3.05. The van der Waals surface area contributed by atoms with Gasteiger partial charge in [-0.05, 0) is 25.0 Å². The first-order valence-electron chi connectivity index (χ1n) is 8.32. The van der Waals surface area contributed by atoms with Crippen LogP contribution in [0.4, 0.5) is 5.95 Å². The van der Waals surface area contributed by atoms with Gasteiger partial charge in [0.25, 0.3) is 5.95 Å². The van der Waals surface area contributed by atoms with Gasteiger partial charge in [0.05, 0.1) is 6.54 Å². The minimum atomic E-state index is 0.419. The number of aryl methyl sites for hydroxylation is 1. The molecule has 0 saturated heterocycles. The first-order chi connectivity index (χ1) is 12.1. The molecule has 0 fully saturated rings.